The zero-order chi connectivity index (χ0) is 36.5. The van der Waals surface area contributed by atoms with Gasteiger partial charge in [0.15, 0.2) is 11.6 Å². The SMILES string of the molecule is C=Cc1sc2c(c1C=C)C(c1nc(C(/C=C\C)=C/C)nc(-c3cccc4sc5ccc(-c6ccc7c8c9c(ccc68)C=CCC9=CC7)cc5c34)n1)CC=C2. The van der Waals surface area contributed by atoms with Gasteiger partial charge in [0.2, 0.25) is 0 Å². The van der Waals surface area contributed by atoms with Crippen LogP contribution in [0.2, 0.25) is 0 Å². The van der Waals surface area contributed by atoms with Crippen LogP contribution < -0.4 is 0 Å². The third kappa shape index (κ3) is 5.03. The van der Waals surface area contributed by atoms with Crippen LogP contribution in [0.4, 0.5) is 0 Å². The molecule has 0 N–H and O–H groups in total. The van der Waals surface area contributed by atoms with Crippen molar-refractivity contribution in [3.8, 4) is 22.5 Å². The molecular formula is C49H37N3S2. The van der Waals surface area contributed by atoms with Gasteiger partial charge < -0.3 is 0 Å². The first-order chi connectivity index (χ1) is 26.6. The van der Waals surface area contributed by atoms with Gasteiger partial charge in [0.1, 0.15) is 5.82 Å². The summed E-state index contributed by atoms with van der Waals surface area (Å²) >= 11 is 3.58. The summed E-state index contributed by atoms with van der Waals surface area (Å²) in [6.07, 6.45) is 24.4. The van der Waals surface area contributed by atoms with E-state index in [0.717, 1.165) is 46.7 Å². The minimum atomic E-state index is -0.0307. The summed E-state index contributed by atoms with van der Waals surface area (Å²) in [7, 11) is 0. The molecular weight excluding hydrogens is 695 g/mol. The van der Waals surface area contributed by atoms with Crippen LogP contribution in [0, 0.1) is 0 Å². The quantitative estimate of drug-likeness (QED) is 0.153. The molecule has 4 aromatic carbocycles. The van der Waals surface area contributed by atoms with Crippen LogP contribution in [0.3, 0.4) is 0 Å². The number of hydrogen-bond acceptors (Lipinski definition) is 5. The van der Waals surface area contributed by atoms with Gasteiger partial charge in [0.05, 0.1) is 0 Å². The maximum absolute atomic E-state index is 5.37. The fourth-order valence-corrected chi connectivity index (χ4v) is 11.0. The van der Waals surface area contributed by atoms with Crippen LogP contribution in [0.25, 0.3) is 88.9 Å². The fraction of sp³-hybridized carbons (Fsp3) is 0.122. The lowest BCUT2D eigenvalue weighted by atomic mass is 9.80. The second kappa shape index (κ2) is 13.0. The van der Waals surface area contributed by atoms with E-state index in [0.29, 0.717) is 11.6 Å². The molecule has 1 unspecified atom stereocenters. The minimum Gasteiger partial charge on any atom is -0.212 e. The van der Waals surface area contributed by atoms with Gasteiger partial charge in [-0.15, -0.1) is 22.7 Å². The predicted octanol–water partition coefficient (Wildman–Crippen LogP) is 14.0. The zero-order valence-electron chi connectivity index (χ0n) is 30.3. The Morgan fingerprint density at radius 3 is 2.59 bits per heavy atom. The largest absolute Gasteiger partial charge is 0.212 e. The van der Waals surface area contributed by atoms with E-state index in [9.17, 15) is 0 Å². The molecule has 0 bridgehead atoms. The van der Waals surface area contributed by atoms with Crippen molar-refractivity contribution in [2.75, 3.05) is 0 Å². The van der Waals surface area contributed by atoms with E-state index >= 15 is 0 Å². The first-order valence-electron chi connectivity index (χ1n) is 18.6. The van der Waals surface area contributed by atoms with Crippen LogP contribution >= 0.6 is 22.7 Å². The van der Waals surface area contributed by atoms with Crippen molar-refractivity contribution in [3.05, 3.63) is 159 Å². The molecule has 5 heteroatoms. The molecule has 0 aliphatic heterocycles. The standard InChI is InChI=1S/C49H37N3S2/c1-5-12-28(6-2)47-50-48(36-15-10-17-41-45(36)33(7-3)39(8-4)53-41)52-49(51-47)37-16-11-18-42-46(37)38-27-32(23-26-40(38)54-42)34-24-21-31-20-19-29-13-9-14-30-22-25-35(34)44(31)43(29)30/h5-12,14,16-19,21-27,36H,3-4,13,15,20H2,1-2H3/b12-5-,28-6+. The number of allylic oxidation sites excluding steroid dienone is 8. The van der Waals surface area contributed by atoms with Gasteiger partial charge in [0.25, 0.3) is 0 Å². The lowest BCUT2D eigenvalue weighted by Crippen LogP contribution is -2.13. The molecule has 3 aliphatic rings. The maximum Gasteiger partial charge on any atom is 0.164 e. The second-order valence-electron chi connectivity index (χ2n) is 14.1. The van der Waals surface area contributed by atoms with Gasteiger partial charge in [-0.25, -0.2) is 15.0 Å². The highest BCUT2D eigenvalue weighted by Gasteiger charge is 2.29. The van der Waals surface area contributed by atoms with Crippen molar-refractivity contribution < 1.29 is 0 Å². The monoisotopic (exact) mass is 731 g/mol. The smallest absolute Gasteiger partial charge is 0.164 e. The average molecular weight is 732 g/mol. The zero-order valence-corrected chi connectivity index (χ0v) is 32.0. The molecule has 1 atom stereocenters. The number of nitrogens with zero attached hydrogens (tertiary/aromatic N) is 3. The van der Waals surface area contributed by atoms with Crippen molar-refractivity contribution in [2.45, 2.75) is 39.0 Å². The van der Waals surface area contributed by atoms with E-state index in [4.69, 9.17) is 15.0 Å². The Morgan fingerprint density at radius 1 is 0.815 bits per heavy atom. The van der Waals surface area contributed by atoms with E-state index in [-0.39, 0.29) is 5.92 Å². The van der Waals surface area contributed by atoms with Gasteiger partial charge in [-0.05, 0) is 113 Å². The third-order valence-corrected chi connectivity index (χ3v) is 13.5. The molecule has 7 aromatic rings. The van der Waals surface area contributed by atoms with E-state index in [1.54, 1.807) is 11.3 Å². The Labute approximate surface area is 323 Å². The molecule has 3 heterocycles. The predicted molar refractivity (Wildman–Crippen MR) is 235 cm³/mol. The number of fused-ring (bicyclic) bond motifs is 4. The molecule has 0 saturated heterocycles. The summed E-state index contributed by atoms with van der Waals surface area (Å²) in [6.45, 7) is 12.4. The summed E-state index contributed by atoms with van der Waals surface area (Å²) < 4.78 is 2.47. The van der Waals surface area contributed by atoms with Crippen LogP contribution in [-0.4, -0.2) is 15.0 Å². The topological polar surface area (TPSA) is 38.7 Å². The van der Waals surface area contributed by atoms with Crippen LogP contribution in [0.15, 0.2) is 110 Å². The second-order valence-corrected chi connectivity index (χ2v) is 16.3. The normalized spacial score (nSPS) is 16.1. The highest BCUT2D eigenvalue weighted by Crippen LogP contribution is 2.47. The van der Waals surface area contributed by atoms with E-state index in [1.165, 1.54) is 74.8 Å². The lowest BCUT2D eigenvalue weighted by molar-refractivity contribution is 0.737. The van der Waals surface area contributed by atoms with Crippen molar-refractivity contribution >= 4 is 89.1 Å². The van der Waals surface area contributed by atoms with Gasteiger partial charge in [-0.2, -0.15) is 0 Å². The summed E-state index contributed by atoms with van der Waals surface area (Å²) in [5, 5.41) is 5.15. The van der Waals surface area contributed by atoms with Crippen LogP contribution in [0.5, 0.6) is 0 Å². The number of rotatable bonds is 7. The molecule has 0 radical (unpaired) electrons. The molecule has 3 aromatic heterocycles. The van der Waals surface area contributed by atoms with Gasteiger partial charge in [0, 0.05) is 47.0 Å². The average Bonchev–Trinajstić information content (AvgIpc) is 3.79. The molecule has 3 aliphatic carbocycles. The van der Waals surface area contributed by atoms with Crippen LogP contribution in [-0.2, 0) is 6.42 Å². The van der Waals surface area contributed by atoms with E-state index < -0.39 is 0 Å². The number of thiophene rings is 2. The van der Waals surface area contributed by atoms with Gasteiger partial charge >= 0.3 is 0 Å². The highest BCUT2D eigenvalue weighted by atomic mass is 32.1. The van der Waals surface area contributed by atoms with Gasteiger partial charge in [-0.3, -0.25) is 0 Å². The molecule has 260 valence electrons. The fourth-order valence-electron chi connectivity index (χ4n) is 8.73. The Hall–Kier alpha value is -5.75. The summed E-state index contributed by atoms with van der Waals surface area (Å²) in [4.78, 5) is 18.1. The summed E-state index contributed by atoms with van der Waals surface area (Å²) in [5.41, 5.74) is 12.5. The third-order valence-electron chi connectivity index (χ3n) is 11.2. The highest BCUT2D eigenvalue weighted by molar-refractivity contribution is 7.26. The van der Waals surface area contributed by atoms with E-state index in [1.807, 2.05) is 43.4 Å². The number of aromatic nitrogens is 3. The summed E-state index contributed by atoms with van der Waals surface area (Å²) in [6, 6.07) is 22.8. The van der Waals surface area contributed by atoms with Crippen molar-refractivity contribution in [1.82, 2.24) is 15.0 Å². The first-order valence-corrected chi connectivity index (χ1v) is 20.3. The molecule has 0 fully saturated rings. The Morgan fingerprint density at radius 2 is 1.74 bits per heavy atom. The molecule has 3 nitrogen and oxygen atoms in total. The van der Waals surface area contributed by atoms with Crippen molar-refractivity contribution in [3.63, 3.8) is 0 Å². The molecule has 0 spiro atoms. The number of hydrogen-bond donors (Lipinski definition) is 0. The minimum absolute atomic E-state index is 0.0307. The maximum atomic E-state index is 5.37. The van der Waals surface area contributed by atoms with Crippen LogP contribution in [0.1, 0.15) is 81.8 Å². The van der Waals surface area contributed by atoms with Crippen molar-refractivity contribution in [1.29, 1.82) is 0 Å². The first kappa shape index (κ1) is 32.9. The van der Waals surface area contributed by atoms with Crippen molar-refractivity contribution in [2.24, 2.45) is 0 Å². The lowest BCUT2D eigenvalue weighted by Gasteiger charge is -2.24. The van der Waals surface area contributed by atoms with E-state index in [2.05, 4.69) is 116 Å². The Balaban J connectivity index is 1.18. The summed E-state index contributed by atoms with van der Waals surface area (Å²) in [5.74, 6) is 2.12. The Bertz CT molecular complexity index is 2920. The molecule has 0 amide bonds. The van der Waals surface area contributed by atoms with Gasteiger partial charge in [-0.1, -0.05) is 110 Å². The number of benzene rings is 4. The molecule has 54 heavy (non-hydrogen) atoms. The molecule has 0 saturated carbocycles. The Kier molecular flexibility index (Phi) is 7.90. The molecule has 10 rings (SSSR count).